The predicted molar refractivity (Wildman–Crippen MR) is 93.4 cm³/mol. The smallest absolute Gasteiger partial charge is 0.106 e. The molecule has 3 N–H and O–H groups in total. The molecule has 1 rings (SSSR count). The number of nitrogens with one attached hydrogen (secondary N) is 1. The Hall–Kier alpha value is -1.09. The van der Waals surface area contributed by atoms with E-state index in [0.29, 0.717) is 4.99 Å². The maximum atomic E-state index is 5.72. The first-order chi connectivity index (χ1) is 9.75. The topological polar surface area (TPSA) is 38.0 Å². The SMILES string of the molecule is CCCCCCCCCCNc1ccccc1C(N)=S. The minimum atomic E-state index is 0.462. The van der Waals surface area contributed by atoms with E-state index in [9.17, 15) is 0 Å². The Morgan fingerprint density at radius 3 is 2.25 bits per heavy atom. The Kier molecular flexibility index (Phi) is 9.05. The Morgan fingerprint density at radius 2 is 1.60 bits per heavy atom. The van der Waals surface area contributed by atoms with Gasteiger partial charge in [0.15, 0.2) is 0 Å². The molecule has 112 valence electrons. The van der Waals surface area contributed by atoms with Crippen LogP contribution in [0, 0.1) is 0 Å². The van der Waals surface area contributed by atoms with Crippen molar-refractivity contribution in [2.24, 2.45) is 5.73 Å². The van der Waals surface area contributed by atoms with E-state index in [4.69, 9.17) is 18.0 Å². The lowest BCUT2D eigenvalue weighted by molar-refractivity contribution is 0.581. The van der Waals surface area contributed by atoms with Crippen LogP contribution in [0.1, 0.15) is 63.9 Å². The summed E-state index contributed by atoms with van der Waals surface area (Å²) >= 11 is 5.06. The molecule has 20 heavy (non-hydrogen) atoms. The highest BCUT2D eigenvalue weighted by Crippen LogP contribution is 2.15. The Balaban J connectivity index is 2.11. The summed E-state index contributed by atoms with van der Waals surface area (Å²) in [5, 5.41) is 3.44. The van der Waals surface area contributed by atoms with Crippen LogP contribution in [0.25, 0.3) is 0 Å². The average Bonchev–Trinajstić information content (AvgIpc) is 2.46. The molecule has 1 aromatic carbocycles. The largest absolute Gasteiger partial charge is 0.389 e. The van der Waals surface area contributed by atoms with E-state index in [0.717, 1.165) is 17.8 Å². The second kappa shape index (κ2) is 10.7. The fraction of sp³-hybridized carbons (Fsp3) is 0.588. The molecule has 0 atom stereocenters. The van der Waals surface area contributed by atoms with Gasteiger partial charge in [-0.25, -0.2) is 0 Å². The van der Waals surface area contributed by atoms with Crippen molar-refractivity contribution in [2.75, 3.05) is 11.9 Å². The van der Waals surface area contributed by atoms with Crippen molar-refractivity contribution in [3.8, 4) is 0 Å². The lowest BCUT2D eigenvalue weighted by atomic mass is 10.1. The summed E-state index contributed by atoms with van der Waals surface area (Å²) in [6.07, 6.45) is 10.7. The van der Waals surface area contributed by atoms with Gasteiger partial charge in [-0.05, 0) is 18.6 Å². The van der Waals surface area contributed by atoms with Crippen LogP contribution in [-0.4, -0.2) is 11.5 Å². The van der Waals surface area contributed by atoms with Crippen LogP contribution in [0.4, 0.5) is 5.69 Å². The molecule has 1 aromatic rings. The number of hydrogen-bond acceptors (Lipinski definition) is 2. The molecule has 0 aliphatic rings. The van der Waals surface area contributed by atoms with Crippen molar-refractivity contribution >= 4 is 22.9 Å². The van der Waals surface area contributed by atoms with Gasteiger partial charge >= 0.3 is 0 Å². The van der Waals surface area contributed by atoms with Crippen molar-refractivity contribution in [2.45, 2.75) is 58.3 Å². The van der Waals surface area contributed by atoms with Gasteiger partial charge in [0, 0.05) is 17.8 Å². The molecule has 0 bridgehead atoms. The predicted octanol–water partition coefficient (Wildman–Crippen LogP) is 4.87. The Morgan fingerprint density at radius 1 is 1.00 bits per heavy atom. The molecule has 0 amide bonds. The highest BCUT2D eigenvalue weighted by molar-refractivity contribution is 7.80. The van der Waals surface area contributed by atoms with Crippen LogP contribution in [0.2, 0.25) is 0 Å². The molecule has 0 saturated carbocycles. The van der Waals surface area contributed by atoms with Gasteiger partial charge in [-0.1, -0.05) is 76.2 Å². The monoisotopic (exact) mass is 292 g/mol. The molecule has 0 fully saturated rings. The molecule has 0 aliphatic carbocycles. The number of anilines is 1. The number of rotatable bonds is 11. The van der Waals surface area contributed by atoms with Gasteiger partial charge in [-0.2, -0.15) is 0 Å². The van der Waals surface area contributed by atoms with Crippen LogP contribution >= 0.6 is 12.2 Å². The van der Waals surface area contributed by atoms with E-state index in [2.05, 4.69) is 12.2 Å². The van der Waals surface area contributed by atoms with Crippen LogP contribution in [-0.2, 0) is 0 Å². The zero-order chi connectivity index (χ0) is 14.6. The normalized spacial score (nSPS) is 10.4. The third-order valence-electron chi connectivity index (χ3n) is 3.54. The van der Waals surface area contributed by atoms with Gasteiger partial charge in [0.25, 0.3) is 0 Å². The third-order valence-corrected chi connectivity index (χ3v) is 3.76. The van der Waals surface area contributed by atoms with Crippen molar-refractivity contribution in [1.82, 2.24) is 0 Å². The standard InChI is InChI=1S/C17H28N2S/c1-2-3-4-5-6-7-8-11-14-19-16-13-10-9-12-15(16)17(18)20/h9-10,12-13,19H,2-8,11,14H2,1H3,(H2,18,20). The second-order valence-corrected chi connectivity index (χ2v) is 5.75. The minimum absolute atomic E-state index is 0.462. The highest BCUT2D eigenvalue weighted by Gasteiger charge is 2.02. The Labute approximate surface area is 129 Å². The molecule has 0 radical (unpaired) electrons. The van der Waals surface area contributed by atoms with Gasteiger partial charge in [0.1, 0.15) is 4.99 Å². The van der Waals surface area contributed by atoms with E-state index in [-0.39, 0.29) is 0 Å². The molecular formula is C17H28N2S. The van der Waals surface area contributed by atoms with Crippen LogP contribution in [0.3, 0.4) is 0 Å². The van der Waals surface area contributed by atoms with Crippen LogP contribution in [0.15, 0.2) is 24.3 Å². The van der Waals surface area contributed by atoms with Crippen molar-refractivity contribution < 1.29 is 0 Å². The highest BCUT2D eigenvalue weighted by atomic mass is 32.1. The fourth-order valence-electron chi connectivity index (χ4n) is 2.33. The third kappa shape index (κ3) is 6.90. The second-order valence-electron chi connectivity index (χ2n) is 5.31. The molecular weight excluding hydrogens is 264 g/mol. The summed E-state index contributed by atoms with van der Waals surface area (Å²) in [5.74, 6) is 0. The van der Waals surface area contributed by atoms with Crippen molar-refractivity contribution in [3.63, 3.8) is 0 Å². The zero-order valence-electron chi connectivity index (χ0n) is 12.7. The first-order valence-electron chi connectivity index (χ1n) is 7.88. The first-order valence-corrected chi connectivity index (χ1v) is 8.29. The van der Waals surface area contributed by atoms with E-state index in [1.165, 1.54) is 51.4 Å². The van der Waals surface area contributed by atoms with Crippen molar-refractivity contribution in [1.29, 1.82) is 0 Å². The molecule has 0 spiro atoms. The van der Waals surface area contributed by atoms with Gasteiger partial charge in [-0.3, -0.25) is 0 Å². The summed E-state index contributed by atoms with van der Waals surface area (Å²) in [5.41, 5.74) is 7.72. The summed E-state index contributed by atoms with van der Waals surface area (Å²) in [6.45, 7) is 3.26. The number of benzene rings is 1. The van der Waals surface area contributed by atoms with Crippen LogP contribution < -0.4 is 11.1 Å². The van der Waals surface area contributed by atoms with E-state index >= 15 is 0 Å². The lowest BCUT2D eigenvalue weighted by Gasteiger charge is -2.10. The molecule has 0 saturated heterocycles. The molecule has 0 aliphatic heterocycles. The summed E-state index contributed by atoms with van der Waals surface area (Å²) in [6, 6.07) is 7.99. The average molecular weight is 292 g/mol. The number of unbranched alkanes of at least 4 members (excludes halogenated alkanes) is 7. The molecule has 0 aromatic heterocycles. The number of thiocarbonyl (C=S) groups is 1. The fourth-order valence-corrected chi connectivity index (χ4v) is 2.51. The molecule has 0 heterocycles. The minimum Gasteiger partial charge on any atom is -0.389 e. The summed E-state index contributed by atoms with van der Waals surface area (Å²) in [7, 11) is 0. The maximum absolute atomic E-state index is 5.72. The van der Waals surface area contributed by atoms with E-state index in [1.54, 1.807) is 0 Å². The molecule has 2 nitrogen and oxygen atoms in total. The lowest BCUT2D eigenvalue weighted by Crippen LogP contribution is -2.13. The van der Waals surface area contributed by atoms with Crippen molar-refractivity contribution in [3.05, 3.63) is 29.8 Å². The molecule has 0 unspecified atom stereocenters. The van der Waals surface area contributed by atoms with Gasteiger partial charge in [-0.15, -0.1) is 0 Å². The summed E-state index contributed by atoms with van der Waals surface area (Å²) < 4.78 is 0. The number of hydrogen-bond donors (Lipinski definition) is 2. The number of para-hydroxylation sites is 1. The van der Waals surface area contributed by atoms with E-state index < -0.39 is 0 Å². The van der Waals surface area contributed by atoms with Gasteiger partial charge in [0.2, 0.25) is 0 Å². The number of nitrogens with two attached hydrogens (primary N) is 1. The molecule has 3 heteroatoms. The maximum Gasteiger partial charge on any atom is 0.106 e. The van der Waals surface area contributed by atoms with E-state index in [1.807, 2.05) is 24.3 Å². The van der Waals surface area contributed by atoms with Gasteiger partial charge < -0.3 is 11.1 Å². The first kappa shape index (κ1) is 17.0. The quantitative estimate of drug-likeness (QED) is 0.451. The summed E-state index contributed by atoms with van der Waals surface area (Å²) in [4.78, 5) is 0.462. The van der Waals surface area contributed by atoms with Crippen LogP contribution in [0.5, 0.6) is 0 Å². The van der Waals surface area contributed by atoms with Gasteiger partial charge in [0.05, 0.1) is 0 Å². The Bertz CT molecular complexity index is 390. The zero-order valence-corrected chi connectivity index (χ0v) is 13.5.